The van der Waals surface area contributed by atoms with Gasteiger partial charge in [-0.15, -0.1) is 32.9 Å². The van der Waals surface area contributed by atoms with Crippen molar-refractivity contribution in [3.8, 4) is 10.8 Å². The summed E-state index contributed by atoms with van der Waals surface area (Å²) in [5, 5.41) is 13.0. The third-order valence-electron chi connectivity index (χ3n) is 2.98. The van der Waals surface area contributed by atoms with Gasteiger partial charge in [0.2, 0.25) is 0 Å². The molecule has 3 heterocycles. The lowest BCUT2D eigenvalue weighted by Crippen LogP contribution is -2.29. The second kappa shape index (κ2) is 7.78. The van der Waals surface area contributed by atoms with Gasteiger partial charge in [0.05, 0.1) is 0 Å². The number of nitrogens with two attached hydrogens (primary N) is 1. The van der Waals surface area contributed by atoms with Crippen LogP contribution in [0.15, 0.2) is 26.3 Å². The normalized spacial score (nSPS) is 13.3. The number of thiazole rings is 2. The quantitative estimate of drug-likeness (QED) is 0.330. The average Bonchev–Trinajstić information content (AvgIpc) is 2.98. The molecular weight excluding hydrogens is 482 g/mol. The summed E-state index contributed by atoms with van der Waals surface area (Å²) in [5.74, 6) is 5.39. The Morgan fingerprint density at radius 3 is 2.50 bits per heavy atom. The van der Waals surface area contributed by atoms with Crippen LogP contribution in [0, 0.1) is 0 Å². The lowest BCUT2D eigenvalue weighted by molar-refractivity contribution is 0.0953. The molecule has 4 rings (SSSR count). The second-order valence-electron chi connectivity index (χ2n) is 4.72. The van der Waals surface area contributed by atoms with Crippen LogP contribution in [0.25, 0.3) is 10.8 Å². The SMILES string of the molecule is Brc1csc(-c2nncn2C2CC2)n1.NNC(=O)c1nc(Br)cs1. The zero-order valence-corrected chi connectivity index (χ0v) is 16.8. The minimum Gasteiger partial charge on any atom is -0.308 e. The van der Waals surface area contributed by atoms with E-state index in [4.69, 9.17) is 5.84 Å². The highest BCUT2D eigenvalue weighted by Gasteiger charge is 2.27. The molecule has 1 saturated carbocycles. The van der Waals surface area contributed by atoms with Crippen molar-refractivity contribution in [3.05, 3.63) is 31.3 Å². The predicted molar refractivity (Wildman–Crippen MR) is 98.6 cm³/mol. The standard InChI is InChI=1S/C8H7BrN4S.C4H4BrN3OS/c9-6-3-14-8(11-6)7-12-10-4-13(7)5-1-2-5;5-2-1-10-4(7-2)3(9)8-6/h3-5H,1-2H2;1H,6H2,(H,8,9). The Labute approximate surface area is 161 Å². The molecule has 0 bridgehead atoms. The number of nitrogens with zero attached hydrogens (tertiary/aromatic N) is 5. The summed E-state index contributed by atoms with van der Waals surface area (Å²) in [6.45, 7) is 0. The summed E-state index contributed by atoms with van der Waals surface area (Å²) in [4.78, 5) is 18.9. The van der Waals surface area contributed by atoms with Gasteiger partial charge in [-0.2, -0.15) is 0 Å². The Bertz CT molecular complexity index is 842. The van der Waals surface area contributed by atoms with Gasteiger partial charge in [-0.25, -0.2) is 15.8 Å². The average molecular weight is 493 g/mol. The minimum absolute atomic E-state index is 0.356. The Kier molecular flexibility index (Phi) is 5.71. The molecule has 1 aliphatic carbocycles. The molecular formula is C12H11Br2N7OS2. The van der Waals surface area contributed by atoms with Crippen molar-refractivity contribution < 1.29 is 4.79 Å². The van der Waals surface area contributed by atoms with Gasteiger partial charge in [-0.3, -0.25) is 10.2 Å². The number of carbonyl (C=O) groups is 1. The van der Waals surface area contributed by atoms with Gasteiger partial charge in [0.1, 0.15) is 15.5 Å². The van der Waals surface area contributed by atoms with Crippen LogP contribution in [0.2, 0.25) is 0 Å². The zero-order valence-electron chi connectivity index (χ0n) is 12.0. The number of nitrogen functional groups attached to an aromatic ring is 1. The van der Waals surface area contributed by atoms with Crippen LogP contribution in [0.1, 0.15) is 28.7 Å². The van der Waals surface area contributed by atoms with Crippen LogP contribution >= 0.6 is 54.5 Å². The molecule has 0 radical (unpaired) electrons. The van der Waals surface area contributed by atoms with Crippen LogP contribution in [0.4, 0.5) is 0 Å². The first-order valence-corrected chi connectivity index (χ1v) is 10.1. The molecule has 12 heteroatoms. The predicted octanol–water partition coefficient (Wildman–Crippen LogP) is 3.01. The fourth-order valence-electron chi connectivity index (χ4n) is 1.79. The maximum atomic E-state index is 10.7. The van der Waals surface area contributed by atoms with Gasteiger partial charge in [0, 0.05) is 16.8 Å². The first-order chi connectivity index (χ1) is 11.6. The van der Waals surface area contributed by atoms with Crippen molar-refractivity contribution in [2.75, 3.05) is 0 Å². The van der Waals surface area contributed by atoms with E-state index in [1.54, 1.807) is 23.0 Å². The van der Waals surface area contributed by atoms with E-state index in [0.717, 1.165) is 15.4 Å². The molecule has 0 spiro atoms. The zero-order chi connectivity index (χ0) is 17.1. The molecule has 0 saturated heterocycles. The molecule has 3 N–H and O–H groups in total. The summed E-state index contributed by atoms with van der Waals surface area (Å²) < 4.78 is 3.63. The molecule has 3 aromatic heterocycles. The van der Waals surface area contributed by atoms with Crippen LogP contribution in [0.5, 0.6) is 0 Å². The van der Waals surface area contributed by atoms with E-state index in [9.17, 15) is 4.79 Å². The van der Waals surface area contributed by atoms with E-state index in [-0.39, 0.29) is 5.91 Å². The number of halogens is 2. The van der Waals surface area contributed by atoms with Gasteiger partial charge >= 0.3 is 0 Å². The molecule has 1 aliphatic rings. The largest absolute Gasteiger partial charge is 0.308 e. The molecule has 1 amide bonds. The number of nitrogens with one attached hydrogen (secondary N) is 1. The highest BCUT2D eigenvalue weighted by Crippen LogP contribution is 2.38. The fraction of sp³-hybridized carbons (Fsp3) is 0.250. The first-order valence-electron chi connectivity index (χ1n) is 6.71. The van der Waals surface area contributed by atoms with Gasteiger partial charge in [-0.05, 0) is 44.7 Å². The lowest BCUT2D eigenvalue weighted by atomic mass is 10.5. The third kappa shape index (κ3) is 4.25. The minimum atomic E-state index is -0.365. The van der Waals surface area contributed by atoms with Gasteiger partial charge in [0.25, 0.3) is 5.91 Å². The van der Waals surface area contributed by atoms with Crippen molar-refractivity contribution in [1.82, 2.24) is 30.2 Å². The maximum absolute atomic E-state index is 10.7. The number of hydrazine groups is 1. The molecule has 0 unspecified atom stereocenters. The van der Waals surface area contributed by atoms with Crippen molar-refractivity contribution in [1.29, 1.82) is 0 Å². The van der Waals surface area contributed by atoms with Gasteiger partial charge in [0.15, 0.2) is 15.8 Å². The van der Waals surface area contributed by atoms with E-state index in [0.29, 0.717) is 15.7 Å². The summed E-state index contributed by atoms with van der Waals surface area (Å²) in [7, 11) is 0. The number of rotatable bonds is 3. The smallest absolute Gasteiger partial charge is 0.294 e. The summed E-state index contributed by atoms with van der Waals surface area (Å²) in [5.41, 5.74) is 1.98. The first kappa shape index (κ1) is 17.6. The summed E-state index contributed by atoms with van der Waals surface area (Å²) in [6.07, 6.45) is 4.26. The fourth-order valence-corrected chi connectivity index (χ4v) is 4.19. The molecule has 0 atom stereocenters. The third-order valence-corrected chi connectivity index (χ3v) is 6.08. The number of hydrogen-bond donors (Lipinski definition) is 2. The number of hydrogen-bond acceptors (Lipinski definition) is 8. The van der Waals surface area contributed by atoms with Crippen LogP contribution in [0.3, 0.4) is 0 Å². The van der Waals surface area contributed by atoms with E-state index >= 15 is 0 Å². The topological polar surface area (TPSA) is 112 Å². The Morgan fingerprint density at radius 1 is 1.25 bits per heavy atom. The van der Waals surface area contributed by atoms with E-state index < -0.39 is 0 Å². The molecule has 8 nitrogen and oxygen atoms in total. The van der Waals surface area contributed by atoms with E-state index in [1.807, 2.05) is 10.8 Å². The van der Waals surface area contributed by atoms with Crippen molar-refractivity contribution in [3.63, 3.8) is 0 Å². The van der Waals surface area contributed by atoms with Crippen LogP contribution < -0.4 is 11.3 Å². The number of aromatic nitrogens is 5. The number of carbonyl (C=O) groups excluding carboxylic acids is 1. The Hall–Kier alpha value is -1.21. The highest BCUT2D eigenvalue weighted by atomic mass is 79.9. The monoisotopic (exact) mass is 491 g/mol. The molecule has 0 aromatic carbocycles. The molecule has 126 valence electrons. The second-order valence-corrected chi connectivity index (χ2v) is 8.06. The van der Waals surface area contributed by atoms with Crippen molar-refractivity contribution >= 4 is 60.4 Å². The molecule has 1 fully saturated rings. The van der Waals surface area contributed by atoms with Crippen molar-refractivity contribution in [2.24, 2.45) is 5.84 Å². The highest BCUT2D eigenvalue weighted by molar-refractivity contribution is 9.10. The molecule has 24 heavy (non-hydrogen) atoms. The van der Waals surface area contributed by atoms with E-state index in [1.165, 1.54) is 24.2 Å². The van der Waals surface area contributed by atoms with Crippen molar-refractivity contribution in [2.45, 2.75) is 18.9 Å². The summed E-state index contributed by atoms with van der Waals surface area (Å²) >= 11 is 9.26. The van der Waals surface area contributed by atoms with Gasteiger partial charge < -0.3 is 4.57 Å². The van der Waals surface area contributed by atoms with E-state index in [2.05, 4.69) is 56.6 Å². The summed E-state index contributed by atoms with van der Waals surface area (Å²) in [6, 6.07) is 0.600. The number of amides is 1. The van der Waals surface area contributed by atoms with Crippen LogP contribution in [-0.4, -0.2) is 30.6 Å². The lowest BCUT2D eigenvalue weighted by Gasteiger charge is -1.99. The van der Waals surface area contributed by atoms with Crippen LogP contribution in [-0.2, 0) is 0 Å². The Morgan fingerprint density at radius 2 is 1.96 bits per heavy atom. The molecule has 0 aliphatic heterocycles. The maximum Gasteiger partial charge on any atom is 0.294 e. The van der Waals surface area contributed by atoms with Gasteiger partial charge in [-0.1, -0.05) is 0 Å². The molecule has 3 aromatic rings. The Balaban J connectivity index is 0.000000150.